The van der Waals surface area contributed by atoms with E-state index >= 15 is 0 Å². The van der Waals surface area contributed by atoms with Crippen LogP contribution in [0.3, 0.4) is 0 Å². The molecule has 1 amide bonds. The molecule has 0 fully saturated rings. The number of nitrogens with zero attached hydrogens (tertiary/aromatic N) is 3. The van der Waals surface area contributed by atoms with Crippen molar-refractivity contribution in [3.05, 3.63) is 63.1 Å². The van der Waals surface area contributed by atoms with E-state index in [0.29, 0.717) is 36.6 Å². The summed E-state index contributed by atoms with van der Waals surface area (Å²) in [5.74, 6) is 0.253. The fourth-order valence-corrected chi connectivity index (χ4v) is 3.09. The van der Waals surface area contributed by atoms with Crippen molar-refractivity contribution in [2.45, 2.75) is 52.8 Å². The lowest BCUT2D eigenvalue weighted by molar-refractivity contribution is 0.0220. The summed E-state index contributed by atoms with van der Waals surface area (Å²) in [7, 11) is 0. The molecule has 0 atom stereocenters. The summed E-state index contributed by atoms with van der Waals surface area (Å²) < 4.78 is 20.1. The Balaban J connectivity index is 1.84. The van der Waals surface area contributed by atoms with E-state index in [-0.39, 0.29) is 17.9 Å². The van der Waals surface area contributed by atoms with E-state index in [2.05, 4.69) is 4.98 Å². The van der Waals surface area contributed by atoms with Crippen LogP contribution in [0.5, 0.6) is 0 Å². The lowest BCUT2D eigenvalue weighted by Crippen LogP contribution is -2.43. The number of aromatic nitrogens is 2. The number of fused-ring (bicyclic) bond motifs is 1. The Morgan fingerprint density at radius 2 is 1.93 bits per heavy atom. The number of carbonyl (C=O) groups is 1. The highest BCUT2D eigenvalue weighted by Gasteiger charge is 2.28. The molecule has 1 aliphatic heterocycles. The maximum atomic E-state index is 13.1. The summed E-state index contributed by atoms with van der Waals surface area (Å²) in [5, 5.41) is 0. The standard InChI is InChI=1S/C20H24FN3O3/c1-13-22-17-12-23(19(26)27-20(2,3)4)10-9-16(17)18(25)24(13)11-14-5-7-15(21)8-6-14/h5-8H,9-12H2,1-4H3. The monoisotopic (exact) mass is 373 g/mol. The number of ether oxygens (including phenoxy) is 1. The highest BCUT2D eigenvalue weighted by atomic mass is 19.1. The van der Waals surface area contributed by atoms with Crippen LogP contribution in [-0.4, -0.2) is 32.7 Å². The minimum absolute atomic E-state index is 0.106. The molecule has 0 N–H and O–H groups in total. The van der Waals surface area contributed by atoms with Gasteiger partial charge in [0.25, 0.3) is 5.56 Å². The van der Waals surface area contributed by atoms with Crippen LogP contribution in [0, 0.1) is 12.7 Å². The number of hydrogen-bond donors (Lipinski definition) is 0. The van der Waals surface area contributed by atoms with E-state index in [1.165, 1.54) is 12.1 Å². The third-order valence-electron chi connectivity index (χ3n) is 4.42. The topological polar surface area (TPSA) is 64.4 Å². The molecule has 1 aromatic heterocycles. The Morgan fingerprint density at radius 3 is 2.56 bits per heavy atom. The molecule has 144 valence electrons. The SMILES string of the molecule is Cc1nc2c(c(=O)n1Cc1ccc(F)cc1)CCN(C(=O)OC(C)(C)C)C2. The van der Waals surface area contributed by atoms with Crippen LogP contribution in [-0.2, 0) is 24.2 Å². The third-order valence-corrected chi connectivity index (χ3v) is 4.42. The minimum Gasteiger partial charge on any atom is -0.444 e. The van der Waals surface area contributed by atoms with Gasteiger partial charge in [0.1, 0.15) is 17.2 Å². The van der Waals surface area contributed by atoms with E-state index in [9.17, 15) is 14.0 Å². The van der Waals surface area contributed by atoms with Gasteiger partial charge in [0.05, 0.1) is 18.8 Å². The van der Waals surface area contributed by atoms with E-state index in [1.807, 2.05) is 20.8 Å². The van der Waals surface area contributed by atoms with Gasteiger partial charge in [0, 0.05) is 12.1 Å². The van der Waals surface area contributed by atoms with Crippen LogP contribution < -0.4 is 5.56 Å². The molecule has 1 aromatic carbocycles. The predicted octanol–water partition coefficient (Wildman–Crippen LogP) is 3.03. The lowest BCUT2D eigenvalue weighted by Gasteiger charge is -2.31. The molecule has 0 bridgehead atoms. The van der Waals surface area contributed by atoms with Crippen molar-refractivity contribution < 1.29 is 13.9 Å². The molecule has 0 spiro atoms. The molecule has 1 aliphatic rings. The fraction of sp³-hybridized carbons (Fsp3) is 0.450. The molecule has 27 heavy (non-hydrogen) atoms. The third kappa shape index (κ3) is 4.35. The van der Waals surface area contributed by atoms with Crippen LogP contribution in [0.4, 0.5) is 9.18 Å². The zero-order valence-corrected chi connectivity index (χ0v) is 16.1. The molecule has 2 aromatic rings. The first kappa shape index (κ1) is 19.1. The summed E-state index contributed by atoms with van der Waals surface area (Å²) in [6.45, 7) is 8.23. The second kappa shape index (κ2) is 7.13. The molecule has 0 saturated heterocycles. The van der Waals surface area contributed by atoms with E-state index in [4.69, 9.17) is 4.74 Å². The molecule has 0 unspecified atom stereocenters. The molecular formula is C20H24FN3O3. The number of carbonyl (C=O) groups excluding carboxylic acids is 1. The molecule has 0 aliphatic carbocycles. The van der Waals surface area contributed by atoms with Gasteiger partial charge in [0.2, 0.25) is 0 Å². The van der Waals surface area contributed by atoms with Crippen molar-refractivity contribution in [3.63, 3.8) is 0 Å². The first-order valence-corrected chi connectivity index (χ1v) is 8.95. The van der Waals surface area contributed by atoms with E-state index < -0.39 is 11.7 Å². The summed E-state index contributed by atoms with van der Waals surface area (Å²) in [6, 6.07) is 6.07. The van der Waals surface area contributed by atoms with Crippen LogP contribution in [0.1, 0.15) is 43.4 Å². The summed E-state index contributed by atoms with van der Waals surface area (Å²) in [5.41, 5.74) is 1.40. The Kier molecular flexibility index (Phi) is 5.04. The van der Waals surface area contributed by atoms with Gasteiger partial charge < -0.3 is 9.64 Å². The highest BCUT2D eigenvalue weighted by Crippen LogP contribution is 2.18. The number of rotatable bonds is 2. The molecule has 3 rings (SSSR count). The van der Waals surface area contributed by atoms with E-state index in [1.54, 1.807) is 28.5 Å². The average molecular weight is 373 g/mol. The van der Waals surface area contributed by atoms with Crippen molar-refractivity contribution in [1.82, 2.24) is 14.5 Å². The lowest BCUT2D eigenvalue weighted by atomic mass is 10.1. The summed E-state index contributed by atoms with van der Waals surface area (Å²) in [6.07, 6.45) is 0.0347. The van der Waals surface area contributed by atoms with Crippen molar-refractivity contribution in [1.29, 1.82) is 0 Å². The Morgan fingerprint density at radius 1 is 1.26 bits per heavy atom. The average Bonchev–Trinajstić information content (AvgIpc) is 2.58. The van der Waals surface area contributed by atoms with Crippen LogP contribution in [0.2, 0.25) is 0 Å². The van der Waals surface area contributed by atoms with Gasteiger partial charge in [-0.25, -0.2) is 14.2 Å². The number of aryl methyl sites for hydroxylation is 1. The van der Waals surface area contributed by atoms with Gasteiger partial charge in [-0.1, -0.05) is 12.1 Å². The first-order valence-electron chi connectivity index (χ1n) is 8.95. The second-order valence-electron chi connectivity index (χ2n) is 7.75. The smallest absolute Gasteiger partial charge is 0.410 e. The van der Waals surface area contributed by atoms with Gasteiger partial charge in [0.15, 0.2) is 0 Å². The molecule has 2 heterocycles. The molecular weight excluding hydrogens is 349 g/mol. The molecule has 6 nitrogen and oxygen atoms in total. The van der Waals surface area contributed by atoms with Gasteiger partial charge in [-0.2, -0.15) is 0 Å². The van der Waals surface area contributed by atoms with Crippen LogP contribution in [0.15, 0.2) is 29.1 Å². The number of hydrogen-bond acceptors (Lipinski definition) is 4. The number of benzene rings is 1. The van der Waals surface area contributed by atoms with E-state index in [0.717, 1.165) is 5.56 Å². The number of amides is 1. The van der Waals surface area contributed by atoms with Crippen molar-refractivity contribution in [3.8, 4) is 0 Å². The van der Waals surface area contributed by atoms with Crippen molar-refractivity contribution in [2.24, 2.45) is 0 Å². The zero-order valence-electron chi connectivity index (χ0n) is 16.1. The first-order chi connectivity index (χ1) is 12.6. The van der Waals surface area contributed by atoms with Gasteiger partial charge in [-0.15, -0.1) is 0 Å². The zero-order chi connectivity index (χ0) is 19.8. The Labute approximate surface area is 157 Å². The van der Waals surface area contributed by atoms with Gasteiger partial charge >= 0.3 is 6.09 Å². The van der Waals surface area contributed by atoms with Crippen molar-refractivity contribution in [2.75, 3.05) is 6.54 Å². The maximum Gasteiger partial charge on any atom is 0.410 e. The maximum absolute atomic E-state index is 13.1. The Bertz CT molecular complexity index is 914. The molecule has 0 radical (unpaired) electrons. The predicted molar refractivity (Wildman–Crippen MR) is 99.1 cm³/mol. The minimum atomic E-state index is -0.570. The normalized spacial score (nSPS) is 14.0. The van der Waals surface area contributed by atoms with Crippen LogP contribution >= 0.6 is 0 Å². The largest absolute Gasteiger partial charge is 0.444 e. The highest BCUT2D eigenvalue weighted by molar-refractivity contribution is 5.68. The second-order valence-corrected chi connectivity index (χ2v) is 7.75. The summed E-state index contributed by atoms with van der Waals surface area (Å²) >= 11 is 0. The molecule has 7 heteroatoms. The van der Waals surface area contributed by atoms with Crippen LogP contribution in [0.25, 0.3) is 0 Å². The van der Waals surface area contributed by atoms with Crippen molar-refractivity contribution >= 4 is 6.09 Å². The summed E-state index contributed by atoms with van der Waals surface area (Å²) in [4.78, 5) is 31.3. The Hall–Kier alpha value is -2.70. The number of halogens is 1. The fourth-order valence-electron chi connectivity index (χ4n) is 3.09. The van der Waals surface area contributed by atoms with Gasteiger partial charge in [-0.05, 0) is 51.8 Å². The molecule has 0 saturated carbocycles. The quantitative estimate of drug-likeness (QED) is 0.812. The van der Waals surface area contributed by atoms with Gasteiger partial charge in [-0.3, -0.25) is 9.36 Å².